The number of alkyl halides is 1. The highest BCUT2D eigenvalue weighted by molar-refractivity contribution is 6.87. The lowest BCUT2D eigenvalue weighted by Crippen LogP contribution is -2.38. The second-order valence-corrected chi connectivity index (χ2v) is 11.8. The Morgan fingerprint density at radius 2 is 1.50 bits per heavy atom. The first-order chi connectivity index (χ1) is 5.48. The molecule has 0 aromatic carbocycles. The summed E-state index contributed by atoms with van der Waals surface area (Å²) in [5.74, 6) is 1.80. The van der Waals surface area contributed by atoms with Gasteiger partial charge in [-0.3, -0.25) is 0 Å². The number of hydrogen-bond donors (Lipinski definition) is 0. The second-order valence-electron chi connectivity index (χ2n) is 5.52. The average molecular weight is 203 g/mol. The van der Waals surface area contributed by atoms with Crippen molar-refractivity contribution in [3.8, 4) is 0 Å². The van der Waals surface area contributed by atoms with Crippen LogP contribution in [0.3, 0.4) is 0 Å². The Morgan fingerprint density at radius 1 is 1.08 bits per heavy atom. The zero-order valence-electron chi connectivity index (χ0n) is 8.36. The molecule has 2 aliphatic rings. The SMILES string of the molecule is C[Si](C)(C)C1(Cl)[C@@H]2CCCC[C@@H]21. The quantitative estimate of drug-likeness (QED) is 0.450. The Morgan fingerprint density at radius 3 is 1.83 bits per heavy atom. The molecule has 2 fully saturated rings. The summed E-state index contributed by atoms with van der Waals surface area (Å²) in [6.07, 6.45) is 5.69. The minimum absolute atomic E-state index is 0.295. The topological polar surface area (TPSA) is 0 Å². The highest BCUT2D eigenvalue weighted by atomic mass is 35.5. The predicted octanol–water partition coefficient (Wildman–Crippen LogP) is 3.66. The third-order valence-electron chi connectivity index (χ3n) is 3.89. The maximum atomic E-state index is 6.75. The van der Waals surface area contributed by atoms with Gasteiger partial charge in [0, 0.05) is 4.50 Å². The van der Waals surface area contributed by atoms with E-state index >= 15 is 0 Å². The number of hydrogen-bond acceptors (Lipinski definition) is 0. The van der Waals surface area contributed by atoms with Gasteiger partial charge in [0.05, 0.1) is 8.07 Å². The third kappa shape index (κ3) is 1.02. The van der Waals surface area contributed by atoms with E-state index in [4.69, 9.17) is 11.6 Å². The van der Waals surface area contributed by atoms with Crippen LogP contribution in [-0.4, -0.2) is 12.6 Å². The molecule has 2 aliphatic carbocycles. The van der Waals surface area contributed by atoms with Crippen molar-refractivity contribution < 1.29 is 0 Å². The lowest BCUT2D eigenvalue weighted by Gasteiger charge is -2.24. The standard InChI is InChI=1S/C10H19ClSi/c1-12(2,3)10(11)8-6-4-5-7-9(8)10/h8-9H,4-7H2,1-3H3/t8-,9+,10?. The Bertz CT molecular complexity index is 183. The average Bonchev–Trinajstić information content (AvgIpc) is 2.59. The van der Waals surface area contributed by atoms with Gasteiger partial charge in [0.1, 0.15) is 0 Å². The fourth-order valence-corrected chi connectivity index (χ4v) is 6.45. The van der Waals surface area contributed by atoms with Crippen molar-refractivity contribution in [3.63, 3.8) is 0 Å². The van der Waals surface area contributed by atoms with Crippen LogP contribution in [0.2, 0.25) is 19.6 Å². The van der Waals surface area contributed by atoms with E-state index in [0.717, 1.165) is 11.8 Å². The maximum absolute atomic E-state index is 6.75. The molecule has 2 saturated carbocycles. The maximum Gasteiger partial charge on any atom is 0.0695 e. The molecule has 0 aromatic heterocycles. The number of halogens is 1. The van der Waals surface area contributed by atoms with Crippen LogP contribution in [0.15, 0.2) is 0 Å². The Hall–Kier alpha value is 0.507. The van der Waals surface area contributed by atoms with Crippen LogP contribution < -0.4 is 0 Å². The predicted molar refractivity (Wildman–Crippen MR) is 57.4 cm³/mol. The van der Waals surface area contributed by atoms with Crippen LogP contribution in [0.5, 0.6) is 0 Å². The molecule has 0 spiro atoms. The van der Waals surface area contributed by atoms with E-state index in [1.807, 2.05) is 0 Å². The molecule has 0 heterocycles. The van der Waals surface area contributed by atoms with Crippen LogP contribution >= 0.6 is 11.6 Å². The van der Waals surface area contributed by atoms with E-state index in [1.54, 1.807) is 0 Å². The van der Waals surface area contributed by atoms with Crippen molar-refractivity contribution in [1.29, 1.82) is 0 Å². The van der Waals surface area contributed by atoms with Gasteiger partial charge >= 0.3 is 0 Å². The minimum Gasteiger partial charge on any atom is -0.122 e. The van der Waals surface area contributed by atoms with Crippen molar-refractivity contribution in [3.05, 3.63) is 0 Å². The van der Waals surface area contributed by atoms with Crippen molar-refractivity contribution in [1.82, 2.24) is 0 Å². The lowest BCUT2D eigenvalue weighted by atomic mass is 10.0. The van der Waals surface area contributed by atoms with Gasteiger partial charge in [0.15, 0.2) is 0 Å². The molecule has 12 heavy (non-hydrogen) atoms. The van der Waals surface area contributed by atoms with Gasteiger partial charge in [0.2, 0.25) is 0 Å². The van der Waals surface area contributed by atoms with Crippen molar-refractivity contribution in [2.75, 3.05) is 0 Å². The smallest absolute Gasteiger partial charge is 0.0695 e. The lowest BCUT2D eigenvalue weighted by molar-refractivity contribution is 0.480. The molecule has 0 aromatic rings. The highest BCUT2D eigenvalue weighted by Gasteiger charge is 2.68. The van der Waals surface area contributed by atoms with Crippen LogP contribution in [0, 0.1) is 11.8 Å². The van der Waals surface area contributed by atoms with Crippen molar-refractivity contribution >= 4 is 19.7 Å². The molecule has 2 rings (SSSR count). The van der Waals surface area contributed by atoms with Crippen molar-refractivity contribution in [2.45, 2.75) is 49.8 Å². The van der Waals surface area contributed by atoms with E-state index in [-0.39, 0.29) is 0 Å². The van der Waals surface area contributed by atoms with E-state index < -0.39 is 8.07 Å². The van der Waals surface area contributed by atoms with Crippen LogP contribution in [0.4, 0.5) is 0 Å². The first-order valence-electron chi connectivity index (χ1n) is 5.17. The van der Waals surface area contributed by atoms with E-state index in [1.165, 1.54) is 25.7 Å². The van der Waals surface area contributed by atoms with E-state index in [2.05, 4.69) is 19.6 Å². The molecule has 3 atom stereocenters. The fourth-order valence-electron chi connectivity index (χ4n) is 3.16. The zero-order chi connectivity index (χ0) is 8.98. The van der Waals surface area contributed by atoms with Gasteiger partial charge in [0.25, 0.3) is 0 Å². The normalized spacial score (nSPS) is 47.0. The Balaban J connectivity index is 2.15. The molecular formula is C10H19ClSi. The summed E-state index contributed by atoms with van der Waals surface area (Å²) in [5, 5.41) is 0. The number of rotatable bonds is 1. The molecule has 2 heteroatoms. The van der Waals surface area contributed by atoms with Gasteiger partial charge < -0.3 is 0 Å². The summed E-state index contributed by atoms with van der Waals surface area (Å²) in [6.45, 7) is 7.29. The molecule has 1 unspecified atom stereocenters. The zero-order valence-corrected chi connectivity index (χ0v) is 10.1. The van der Waals surface area contributed by atoms with Crippen LogP contribution in [0.25, 0.3) is 0 Å². The Kier molecular flexibility index (Phi) is 1.90. The fraction of sp³-hybridized carbons (Fsp3) is 1.00. The van der Waals surface area contributed by atoms with Gasteiger partial charge in [-0.2, -0.15) is 0 Å². The van der Waals surface area contributed by atoms with Gasteiger partial charge in [-0.05, 0) is 24.7 Å². The molecule has 0 N–H and O–H groups in total. The summed E-state index contributed by atoms with van der Waals surface area (Å²) >= 11 is 6.75. The summed E-state index contributed by atoms with van der Waals surface area (Å²) in [6, 6.07) is 0. The van der Waals surface area contributed by atoms with Gasteiger partial charge in [-0.1, -0.05) is 32.5 Å². The summed E-state index contributed by atoms with van der Waals surface area (Å²) in [4.78, 5) is 0. The first-order valence-corrected chi connectivity index (χ1v) is 9.04. The number of fused-ring (bicyclic) bond motifs is 1. The molecule has 70 valence electrons. The highest BCUT2D eigenvalue weighted by Crippen LogP contribution is 2.66. The monoisotopic (exact) mass is 202 g/mol. The summed E-state index contributed by atoms with van der Waals surface area (Å²) in [5.41, 5.74) is 0. The first kappa shape index (κ1) is 9.08. The molecule has 0 radical (unpaired) electrons. The molecule has 0 saturated heterocycles. The minimum atomic E-state index is -1.11. The molecular weight excluding hydrogens is 184 g/mol. The summed E-state index contributed by atoms with van der Waals surface area (Å²) < 4.78 is 0.295. The van der Waals surface area contributed by atoms with Crippen LogP contribution in [0.1, 0.15) is 25.7 Å². The van der Waals surface area contributed by atoms with Crippen LogP contribution in [-0.2, 0) is 0 Å². The summed E-state index contributed by atoms with van der Waals surface area (Å²) in [7, 11) is -1.11. The van der Waals surface area contributed by atoms with E-state index in [9.17, 15) is 0 Å². The largest absolute Gasteiger partial charge is 0.122 e. The molecule has 0 nitrogen and oxygen atoms in total. The Labute approximate surface area is 81.7 Å². The molecule has 0 aliphatic heterocycles. The van der Waals surface area contributed by atoms with Gasteiger partial charge in [-0.25, -0.2) is 0 Å². The molecule has 0 bridgehead atoms. The van der Waals surface area contributed by atoms with E-state index in [0.29, 0.717) is 4.50 Å². The second kappa shape index (κ2) is 2.51. The van der Waals surface area contributed by atoms with Gasteiger partial charge in [-0.15, -0.1) is 11.6 Å². The van der Waals surface area contributed by atoms with Crippen molar-refractivity contribution in [2.24, 2.45) is 11.8 Å². The molecule has 0 amide bonds. The third-order valence-corrected chi connectivity index (χ3v) is 9.19.